The van der Waals surface area contributed by atoms with Crippen LogP contribution in [0.15, 0.2) is 0 Å². The highest BCUT2D eigenvalue weighted by Crippen LogP contribution is 1.85. The molecule has 0 aliphatic rings. The van der Waals surface area contributed by atoms with E-state index in [9.17, 15) is 8.42 Å². The van der Waals surface area contributed by atoms with Crippen molar-refractivity contribution in [3.63, 3.8) is 0 Å². The molecule has 9 heavy (non-hydrogen) atoms. The summed E-state index contributed by atoms with van der Waals surface area (Å²) in [5.41, 5.74) is 0. The molecule has 0 unspecified atom stereocenters. The first-order chi connectivity index (χ1) is 4.06. The normalized spacial score (nSPS) is 11.8. The maximum absolute atomic E-state index is 10.4. The van der Waals surface area contributed by atoms with Crippen molar-refractivity contribution in [3.8, 4) is 0 Å². The molecule has 3 nitrogen and oxygen atoms in total. The van der Waals surface area contributed by atoms with E-state index in [1.165, 1.54) is 0 Å². The van der Waals surface area contributed by atoms with Crippen molar-refractivity contribution in [3.05, 3.63) is 0 Å². The van der Waals surface area contributed by atoms with Crippen molar-refractivity contribution < 1.29 is 13.2 Å². The van der Waals surface area contributed by atoms with Gasteiger partial charge in [-0.3, -0.25) is 0 Å². The molecule has 0 saturated heterocycles. The summed E-state index contributed by atoms with van der Waals surface area (Å²) in [7, 11) is -2.92. The van der Waals surface area contributed by atoms with Crippen molar-refractivity contribution in [2.75, 3.05) is 18.8 Å². The van der Waals surface area contributed by atoms with E-state index in [-0.39, 0.29) is 5.94 Å². The standard InChI is InChI=1S/C5H12O3S/c1-3-4-8-5-9(2,6)7/h3-5H2,1-2H3. The third kappa shape index (κ3) is 7.91. The Bertz CT molecular complexity index is 148. The van der Waals surface area contributed by atoms with Crippen molar-refractivity contribution >= 4 is 9.84 Å². The predicted octanol–water partition coefficient (Wildman–Crippen LogP) is 0.415. The quantitative estimate of drug-likeness (QED) is 0.548. The summed E-state index contributed by atoms with van der Waals surface area (Å²) in [6.07, 6.45) is 2.01. The lowest BCUT2D eigenvalue weighted by atomic mass is 10.5. The summed E-state index contributed by atoms with van der Waals surface area (Å²) in [6.45, 7) is 2.45. The van der Waals surface area contributed by atoms with Gasteiger partial charge in [-0.05, 0) is 6.42 Å². The van der Waals surface area contributed by atoms with Crippen LogP contribution < -0.4 is 0 Å². The van der Waals surface area contributed by atoms with Crippen LogP contribution in [-0.4, -0.2) is 27.2 Å². The van der Waals surface area contributed by atoms with Gasteiger partial charge in [0.25, 0.3) is 0 Å². The molecule has 0 N–H and O–H groups in total. The molecule has 56 valence electrons. The number of sulfone groups is 1. The van der Waals surface area contributed by atoms with Crippen LogP contribution in [0.4, 0.5) is 0 Å². The second-order valence-corrected chi connectivity index (χ2v) is 4.04. The van der Waals surface area contributed by atoms with E-state index in [4.69, 9.17) is 4.74 Å². The Labute approximate surface area is 55.9 Å². The summed E-state index contributed by atoms with van der Waals surface area (Å²) in [6, 6.07) is 0. The van der Waals surface area contributed by atoms with Crippen LogP contribution in [0, 0.1) is 0 Å². The summed E-state index contributed by atoms with van der Waals surface area (Å²) < 4.78 is 25.5. The van der Waals surface area contributed by atoms with Gasteiger partial charge >= 0.3 is 0 Å². The molecule has 0 aromatic carbocycles. The second kappa shape index (κ2) is 3.85. The first-order valence-corrected chi connectivity index (χ1v) is 4.88. The van der Waals surface area contributed by atoms with E-state index in [0.29, 0.717) is 6.61 Å². The molecule has 0 atom stereocenters. The van der Waals surface area contributed by atoms with E-state index in [1.807, 2.05) is 6.92 Å². The van der Waals surface area contributed by atoms with Gasteiger partial charge in [0.15, 0.2) is 9.84 Å². The Balaban J connectivity index is 3.30. The van der Waals surface area contributed by atoms with E-state index in [1.54, 1.807) is 0 Å². The van der Waals surface area contributed by atoms with Crippen LogP contribution >= 0.6 is 0 Å². The minimum absolute atomic E-state index is 0.152. The van der Waals surface area contributed by atoms with Crippen LogP contribution in [0.5, 0.6) is 0 Å². The molecule has 0 aromatic heterocycles. The molecule has 0 rings (SSSR count). The van der Waals surface area contributed by atoms with E-state index in [2.05, 4.69) is 0 Å². The first kappa shape index (κ1) is 8.91. The fourth-order valence-electron chi connectivity index (χ4n) is 0.355. The molecule has 0 fully saturated rings. The van der Waals surface area contributed by atoms with E-state index >= 15 is 0 Å². The SMILES string of the molecule is CCCOCS(C)(=O)=O. The summed E-state index contributed by atoms with van der Waals surface area (Å²) in [5.74, 6) is -0.152. The van der Waals surface area contributed by atoms with Crippen molar-refractivity contribution in [1.29, 1.82) is 0 Å². The summed E-state index contributed by atoms with van der Waals surface area (Å²) in [5, 5.41) is 0. The van der Waals surface area contributed by atoms with Crippen LogP contribution in [0.3, 0.4) is 0 Å². The second-order valence-electron chi connectivity index (χ2n) is 1.95. The zero-order valence-electron chi connectivity index (χ0n) is 5.75. The predicted molar refractivity (Wildman–Crippen MR) is 36.0 cm³/mol. The smallest absolute Gasteiger partial charge is 0.171 e. The van der Waals surface area contributed by atoms with Crippen LogP contribution in [0.2, 0.25) is 0 Å². The molecule has 0 amide bonds. The third-order valence-corrected chi connectivity index (χ3v) is 1.24. The fourth-order valence-corrected chi connectivity index (χ4v) is 0.775. The van der Waals surface area contributed by atoms with E-state index < -0.39 is 9.84 Å². The molecule has 0 aliphatic carbocycles. The van der Waals surface area contributed by atoms with Gasteiger partial charge in [0.05, 0.1) is 0 Å². The van der Waals surface area contributed by atoms with Gasteiger partial charge in [-0.1, -0.05) is 6.92 Å². The van der Waals surface area contributed by atoms with Crippen LogP contribution in [-0.2, 0) is 14.6 Å². The first-order valence-electron chi connectivity index (χ1n) is 2.81. The topological polar surface area (TPSA) is 43.4 Å². The monoisotopic (exact) mass is 152 g/mol. The Kier molecular flexibility index (Phi) is 3.81. The molecule has 0 radical (unpaired) electrons. The zero-order chi connectivity index (χ0) is 7.33. The molecular formula is C5H12O3S. The zero-order valence-corrected chi connectivity index (χ0v) is 6.57. The molecule has 4 heteroatoms. The molecule has 0 aromatic rings. The Morgan fingerprint density at radius 2 is 2.00 bits per heavy atom. The van der Waals surface area contributed by atoms with Crippen LogP contribution in [0.25, 0.3) is 0 Å². The highest BCUT2D eigenvalue weighted by atomic mass is 32.2. The lowest BCUT2D eigenvalue weighted by Gasteiger charge is -1.97. The molecule has 0 saturated carbocycles. The number of hydrogen-bond donors (Lipinski definition) is 0. The van der Waals surface area contributed by atoms with E-state index in [0.717, 1.165) is 12.7 Å². The highest BCUT2D eigenvalue weighted by Gasteiger charge is 1.98. The van der Waals surface area contributed by atoms with Gasteiger partial charge in [-0.25, -0.2) is 8.42 Å². The van der Waals surface area contributed by atoms with Crippen molar-refractivity contribution in [2.45, 2.75) is 13.3 Å². The van der Waals surface area contributed by atoms with Gasteiger partial charge in [-0.15, -0.1) is 0 Å². The number of rotatable bonds is 4. The van der Waals surface area contributed by atoms with Crippen LogP contribution in [0.1, 0.15) is 13.3 Å². The van der Waals surface area contributed by atoms with Crippen molar-refractivity contribution in [2.24, 2.45) is 0 Å². The molecule has 0 spiro atoms. The number of hydrogen-bond acceptors (Lipinski definition) is 3. The average Bonchev–Trinajstić information content (AvgIpc) is 1.63. The lowest BCUT2D eigenvalue weighted by Crippen LogP contribution is -2.07. The summed E-state index contributed by atoms with van der Waals surface area (Å²) >= 11 is 0. The number of ether oxygens (including phenoxy) is 1. The van der Waals surface area contributed by atoms with Gasteiger partial charge < -0.3 is 4.74 Å². The summed E-state index contributed by atoms with van der Waals surface area (Å²) in [4.78, 5) is 0. The third-order valence-electron chi connectivity index (χ3n) is 0.646. The average molecular weight is 152 g/mol. The van der Waals surface area contributed by atoms with Gasteiger partial charge in [0, 0.05) is 12.9 Å². The molecular weight excluding hydrogens is 140 g/mol. The lowest BCUT2D eigenvalue weighted by molar-refractivity contribution is 0.177. The maximum atomic E-state index is 10.4. The van der Waals surface area contributed by atoms with Crippen molar-refractivity contribution in [1.82, 2.24) is 0 Å². The van der Waals surface area contributed by atoms with Gasteiger partial charge in [0.2, 0.25) is 0 Å². The Morgan fingerprint density at radius 1 is 1.44 bits per heavy atom. The largest absolute Gasteiger partial charge is 0.366 e. The minimum Gasteiger partial charge on any atom is -0.366 e. The molecule has 0 heterocycles. The molecule has 0 aliphatic heterocycles. The molecule has 0 bridgehead atoms. The Hall–Kier alpha value is -0.0900. The van der Waals surface area contributed by atoms with Gasteiger partial charge in [-0.2, -0.15) is 0 Å². The highest BCUT2D eigenvalue weighted by molar-refractivity contribution is 7.90. The van der Waals surface area contributed by atoms with Gasteiger partial charge in [0.1, 0.15) is 5.94 Å². The maximum Gasteiger partial charge on any atom is 0.171 e. The minimum atomic E-state index is -2.92. The Morgan fingerprint density at radius 3 is 2.33 bits per heavy atom. The fraction of sp³-hybridized carbons (Fsp3) is 1.00.